The lowest BCUT2D eigenvalue weighted by atomic mass is 9.99. The fraction of sp³-hybridized carbons (Fsp3) is 0.300. The van der Waals surface area contributed by atoms with Gasteiger partial charge in [-0.3, -0.25) is 4.79 Å². The Morgan fingerprint density at radius 3 is 2.71 bits per heavy atom. The van der Waals surface area contributed by atoms with Crippen LogP contribution in [-0.2, 0) is 21.4 Å². The number of fused-ring (bicyclic) bond motifs is 1. The molecule has 1 saturated heterocycles. The molecular formula is C20H20ClN3O3S. The molecular weight excluding hydrogens is 398 g/mol. The first-order valence-corrected chi connectivity index (χ1v) is 11.0. The van der Waals surface area contributed by atoms with Gasteiger partial charge < -0.3 is 10.2 Å². The summed E-state index contributed by atoms with van der Waals surface area (Å²) in [7, 11) is -3.72. The number of likely N-dealkylation sites (tertiary alicyclic amines) is 1. The SMILES string of the molecule is O=C(NCc1ccccc1Cl)[C@H]1CCCCN1C1=NS(=O)(=O)c2ccccc21. The maximum atomic E-state index is 12.9. The summed E-state index contributed by atoms with van der Waals surface area (Å²) in [6.07, 6.45) is 2.44. The second kappa shape index (κ2) is 7.56. The van der Waals surface area contributed by atoms with Gasteiger partial charge in [-0.2, -0.15) is 8.42 Å². The van der Waals surface area contributed by atoms with Crippen molar-refractivity contribution in [1.82, 2.24) is 10.2 Å². The van der Waals surface area contributed by atoms with Gasteiger partial charge in [0, 0.05) is 23.7 Å². The molecule has 0 bridgehead atoms. The van der Waals surface area contributed by atoms with Gasteiger partial charge in [0.2, 0.25) is 5.91 Å². The smallest absolute Gasteiger partial charge is 0.285 e. The largest absolute Gasteiger partial charge is 0.350 e. The standard InChI is InChI=1S/C20H20ClN3O3S/c21-16-9-3-1-7-14(16)13-22-20(25)17-10-5-6-12-24(17)19-15-8-2-4-11-18(15)28(26,27)23-19/h1-4,7-9,11,17H,5-6,10,12-13H2,(H,22,25)/t17-/m1/s1. The lowest BCUT2D eigenvalue weighted by molar-refractivity contribution is -0.126. The summed E-state index contributed by atoms with van der Waals surface area (Å²) in [6, 6.07) is 13.7. The molecule has 0 aliphatic carbocycles. The third-order valence-corrected chi connectivity index (χ3v) is 6.79. The Kier molecular flexibility index (Phi) is 5.12. The summed E-state index contributed by atoms with van der Waals surface area (Å²) < 4.78 is 28.8. The molecule has 0 unspecified atom stereocenters. The average Bonchev–Trinajstić information content (AvgIpc) is 2.98. The van der Waals surface area contributed by atoms with E-state index in [2.05, 4.69) is 9.71 Å². The Morgan fingerprint density at radius 2 is 1.89 bits per heavy atom. The van der Waals surface area contributed by atoms with Crippen molar-refractivity contribution < 1.29 is 13.2 Å². The molecule has 4 rings (SSSR count). The molecule has 1 N–H and O–H groups in total. The van der Waals surface area contributed by atoms with Crippen molar-refractivity contribution in [2.45, 2.75) is 36.7 Å². The number of amidine groups is 1. The molecule has 2 aliphatic heterocycles. The summed E-state index contributed by atoms with van der Waals surface area (Å²) in [5.74, 6) is 0.220. The molecule has 2 aromatic carbocycles. The van der Waals surface area contributed by atoms with E-state index in [1.807, 2.05) is 23.1 Å². The molecule has 2 aromatic rings. The predicted molar refractivity (Wildman–Crippen MR) is 108 cm³/mol. The monoisotopic (exact) mass is 417 g/mol. The number of carbonyl (C=O) groups excluding carboxylic acids is 1. The number of piperidine rings is 1. The zero-order valence-electron chi connectivity index (χ0n) is 15.1. The van der Waals surface area contributed by atoms with Gasteiger partial charge in [0.1, 0.15) is 10.9 Å². The van der Waals surface area contributed by atoms with Crippen LogP contribution >= 0.6 is 11.6 Å². The van der Waals surface area contributed by atoms with Gasteiger partial charge in [0.25, 0.3) is 10.0 Å². The normalized spacial score (nSPS) is 20.4. The van der Waals surface area contributed by atoms with Gasteiger partial charge in [-0.15, -0.1) is 4.40 Å². The molecule has 0 spiro atoms. The van der Waals surface area contributed by atoms with Crippen molar-refractivity contribution in [3.63, 3.8) is 0 Å². The van der Waals surface area contributed by atoms with E-state index >= 15 is 0 Å². The zero-order chi connectivity index (χ0) is 19.7. The molecule has 2 aliphatic rings. The average molecular weight is 418 g/mol. The van der Waals surface area contributed by atoms with Crippen LogP contribution < -0.4 is 5.32 Å². The molecule has 6 nitrogen and oxygen atoms in total. The Balaban J connectivity index is 1.57. The van der Waals surface area contributed by atoms with Crippen LogP contribution in [0.1, 0.15) is 30.4 Å². The van der Waals surface area contributed by atoms with E-state index in [-0.39, 0.29) is 10.8 Å². The van der Waals surface area contributed by atoms with Gasteiger partial charge >= 0.3 is 0 Å². The number of carbonyl (C=O) groups is 1. The van der Waals surface area contributed by atoms with Gasteiger partial charge in [-0.05, 0) is 43.0 Å². The topological polar surface area (TPSA) is 78.8 Å². The van der Waals surface area contributed by atoms with E-state index in [9.17, 15) is 13.2 Å². The van der Waals surface area contributed by atoms with Crippen LogP contribution in [0.3, 0.4) is 0 Å². The highest BCUT2D eigenvalue weighted by Gasteiger charge is 2.37. The van der Waals surface area contributed by atoms with Crippen LogP contribution in [0.5, 0.6) is 0 Å². The molecule has 8 heteroatoms. The summed E-state index contributed by atoms with van der Waals surface area (Å²) in [5.41, 5.74) is 1.40. The molecule has 1 amide bonds. The van der Waals surface area contributed by atoms with Crippen molar-refractivity contribution in [2.75, 3.05) is 6.54 Å². The number of halogens is 1. The second-order valence-electron chi connectivity index (χ2n) is 6.90. The first-order chi connectivity index (χ1) is 13.5. The minimum absolute atomic E-state index is 0.149. The number of benzene rings is 2. The van der Waals surface area contributed by atoms with Crippen molar-refractivity contribution in [1.29, 1.82) is 0 Å². The van der Waals surface area contributed by atoms with Gasteiger partial charge in [0.15, 0.2) is 5.84 Å². The van der Waals surface area contributed by atoms with E-state index in [0.717, 1.165) is 18.4 Å². The van der Waals surface area contributed by atoms with E-state index in [1.54, 1.807) is 30.3 Å². The van der Waals surface area contributed by atoms with Crippen LogP contribution in [0.4, 0.5) is 0 Å². The minimum atomic E-state index is -3.72. The summed E-state index contributed by atoms with van der Waals surface area (Å²) in [6.45, 7) is 0.914. The Labute approximate surface area is 169 Å². The van der Waals surface area contributed by atoms with Crippen molar-refractivity contribution >= 4 is 33.4 Å². The lowest BCUT2D eigenvalue weighted by Gasteiger charge is -2.36. The zero-order valence-corrected chi connectivity index (χ0v) is 16.7. The molecule has 0 radical (unpaired) electrons. The minimum Gasteiger partial charge on any atom is -0.350 e. The van der Waals surface area contributed by atoms with E-state index in [1.165, 1.54) is 0 Å². The second-order valence-corrected chi connectivity index (χ2v) is 8.88. The van der Waals surface area contributed by atoms with Crippen LogP contribution in [0, 0.1) is 0 Å². The number of hydrogen-bond acceptors (Lipinski definition) is 4. The van der Waals surface area contributed by atoms with E-state index < -0.39 is 16.1 Å². The molecule has 1 fully saturated rings. The Morgan fingerprint density at radius 1 is 1.14 bits per heavy atom. The summed E-state index contributed by atoms with van der Waals surface area (Å²) >= 11 is 6.17. The highest BCUT2D eigenvalue weighted by molar-refractivity contribution is 7.90. The number of amides is 1. The van der Waals surface area contributed by atoms with E-state index in [4.69, 9.17) is 11.6 Å². The van der Waals surface area contributed by atoms with Crippen LogP contribution in [-0.4, -0.2) is 37.6 Å². The van der Waals surface area contributed by atoms with Gasteiger partial charge in [-0.25, -0.2) is 0 Å². The fourth-order valence-electron chi connectivity index (χ4n) is 3.70. The van der Waals surface area contributed by atoms with Crippen molar-refractivity contribution in [2.24, 2.45) is 4.40 Å². The van der Waals surface area contributed by atoms with Crippen LogP contribution in [0.25, 0.3) is 0 Å². The number of rotatable bonds is 3. The van der Waals surface area contributed by atoms with Gasteiger partial charge in [0.05, 0.1) is 0 Å². The quantitative estimate of drug-likeness (QED) is 0.832. The molecule has 0 saturated carbocycles. The van der Waals surface area contributed by atoms with Crippen LogP contribution in [0.2, 0.25) is 5.02 Å². The molecule has 2 heterocycles. The predicted octanol–water partition coefficient (Wildman–Crippen LogP) is 2.96. The van der Waals surface area contributed by atoms with E-state index in [0.29, 0.717) is 35.9 Å². The third-order valence-electron chi connectivity index (χ3n) is 5.10. The Hall–Kier alpha value is -2.38. The third kappa shape index (κ3) is 3.52. The number of hydrogen-bond donors (Lipinski definition) is 1. The first-order valence-electron chi connectivity index (χ1n) is 9.19. The summed E-state index contributed by atoms with van der Waals surface area (Å²) in [5, 5.41) is 3.54. The van der Waals surface area contributed by atoms with Crippen molar-refractivity contribution in [3.8, 4) is 0 Å². The number of nitrogens with one attached hydrogen (secondary N) is 1. The molecule has 28 heavy (non-hydrogen) atoms. The number of nitrogens with zero attached hydrogens (tertiary/aromatic N) is 2. The highest BCUT2D eigenvalue weighted by atomic mass is 35.5. The van der Waals surface area contributed by atoms with Crippen molar-refractivity contribution in [3.05, 3.63) is 64.7 Å². The Bertz CT molecular complexity index is 1050. The lowest BCUT2D eigenvalue weighted by Crippen LogP contribution is -2.51. The molecule has 1 atom stereocenters. The fourth-order valence-corrected chi connectivity index (χ4v) is 5.11. The van der Waals surface area contributed by atoms with Gasteiger partial charge in [-0.1, -0.05) is 41.9 Å². The first kappa shape index (κ1) is 19.0. The number of sulfonamides is 1. The maximum absolute atomic E-state index is 12.9. The maximum Gasteiger partial charge on any atom is 0.285 e. The van der Waals surface area contributed by atoms with Crippen LogP contribution in [0.15, 0.2) is 57.8 Å². The summed E-state index contributed by atoms with van der Waals surface area (Å²) in [4.78, 5) is 15.0. The highest BCUT2D eigenvalue weighted by Crippen LogP contribution is 2.30. The molecule has 0 aromatic heterocycles. The molecule has 146 valence electrons.